The van der Waals surface area contributed by atoms with Crippen molar-refractivity contribution in [3.63, 3.8) is 0 Å². The van der Waals surface area contributed by atoms with E-state index < -0.39 is 22.4 Å². The van der Waals surface area contributed by atoms with Crippen LogP contribution in [0.25, 0.3) is 0 Å². The number of piperazine rings is 1. The second-order valence-electron chi connectivity index (χ2n) is 9.59. The summed E-state index contributed by atoms with van der Waals surface area (Å²) in [5.41, 5.74) is -0.767. The molecular weight excluding hydrogens is 473 g/mol. The van der Waals surface area contributed by atoms with Gasteiger partial charge in [-0.15, -0.1) is 0 Å². The predicted molar refractivity (Wildman–Crippen MR) is 132 cm³/mol. The van der Waals surface area contributed by atoms with Gasteiger partial charge in [0.25, 0.3) is 5.69 Å². The number of anilines is 2. The molecule has 4 rings (SSSR count). The maximum Gasteiger partial charge on any atom is 0.423 e. The van der Waals surface area contributed by atoms with E-state index in [-0.39, 0.29) is 17.6 Å². The Labute approximate surface area is 208 Å². The number of halogens is 3. The van der Waals surface area contributed by atoms with Crippen LogP contribution in [0.4, 0.5) is 30.2 Å². The highest BCUT2D eigenvalue weighted by Crippen LogP contribution is 2.38. The van der Waals surface area contributed by atoms with E-state index in [1.165, 1.54) is 11.8 Å². The summed E-state index contributed by atoms with van der Waals surface area (Å²) < 4.78 is 39.7. The molecule has 194 valence electrons. The van der Waals surface area contributed by atoms with Crippen LogP contribution in [0.2, 0.25) is 0 Å². The number of carbonyl (C=O) groups excluding carboxylic acids is 1. The molecule has 0 spiro atoms. The fraction of sp³-hybridized carbons (Fsp3) is 0.500. The molecule has 0 unspecified atom stereocenters. The molecule has 1 saturated carbocycles. The minimum Gasteiger partial charge on any atom is -0.382 e. The Morgan fingerprint density at radius 1 is 1.00 bits per heavy atom. The number of carbonyl (C=O) groups is 1. The minimum atomic E-state index is -4.79. The van der Waals surface area contributed by atoms with Crippen molar-refractivity contribution in [2.75, 3.05) is 36.4 Å². The van der Waals surface area contributed by atoms with Gasteiger partial charge in [-0.25, -0.2) is 0 Å². The normalized spacial score (nSPS) is 20.8. The Bertz CT molecular complexity index is 1050. The highest BCUT2D eigenvalue weighted by Gasteiger charge is 2.38. The summed E-state index contributed by atoms with van der Waals surface area (Å²) >= 11 is 0. The average molecular weight is 505 g/mol. The number of para-hydroxylation sites is 1. The number of hydrogen-bond donors (Lipinski definition) is 1. The lowest BCUT2D eigenvalue weighted by Crippen LogP contribution is -2.48. The van der Waals surface area contributed by atoms with Crippen molar-refractivity contribution in [2.45, 2.75) is 50.7 Å². The van der Waals surface area contributed by atoms with E-state index in [0.29, 0.717) is 12.3 Å². The first kappa shape index (κ1) is 25.8. The Morgan fingerprint density at radius 3 is 2.28 bits per heavy atom. The predicted octanol–water partition coefficient (Wildman–Crippen LogP) is 5.71. The van der Waals surface area contributed by atoms with Crippen molar-refractivity contribution < 1.29 is 22.9 Å². The molecule has 1 saturated heterocycles. The third-order valence-corrected chi connectivity index (χ3v) is 7.24. The minimum absolute atomic E-state index is 0.00514. The molecule has 1 aliphatic carbocycles. The quantitative estimate of drug-likeness (QED) is 0.386. The molecule has 2 aromatic carbocycles. The van der Waals surface area contributed by atoms with Crippen LogP contribution < -0.4 is 10.2 Å². The van der Waals surface area contributed by atoms with Crippen molar-refractivity contribution in [3.8, 4) is 0 Å². The number of nitro benzene ring substituents is 1. The summed E-state index contributed by atoms with van der Waals surface area (Å²) in [5.74, 6) is 0.605. The monoisotopic (exact) mass is 504 g/mol. The third kappa shape index (κ3) is 6.47. The van der Waals surface area contributed by atoms with Gasteiger partial charge in [-0.3, -0.25) is 14.9 Å². The van der Waals surface area contributed by atoms with Crippen molar-refractivity contribution in [1.82, 2.24) is 4.90 Å². The lowest BCUT2D eigenvalue weighted by Gasteiger charge is -2.36. The molecule has 1 heterocycles. The van der Waals surface area contributed by atoms with E-state index in [0.717, 1.165) is 70.4 Å². The van der Waals surface area contributed by atoms with E-state index in [2.05, 4.69) is 22.3 Å². The number of nitrogens with one attached hydrogen (secondary N) is 1. The molecule has 1 amide bonds. The van der Waals surface area contributed by atoms with Crippen molar-refractivity contribution in [3.05, 3.63) is 64.2 Å². The van der Waals surface area contributed by atoms with Gasteiger partial charge in [-0.05, 0) is 62.3 Å². The molecule has 2 aromatic rings. The maximum atomic E-state index is 13.2. The fourth-order valence-electron chi connectivity index (χ4n) is 5.18. The summed E-state index contributed by atoms with van der Waals surface area (Å²) in [6.45, 7) is 3.09. The number of benzene rings is 2. The summed E-state index contributed by atoms with van der Waals surface area (Å²) in [7, 11) is 0. The molecule has 0 bridgehead atoms. The SMILES string of the molecule is O=C(CCC1CCC(Nc2ccc([N+](=O)[O-])c(C(F)(F)F)c2)CC1)N1CCN(c2ccccc2)CC1. The van der Waals surface area contributed by atoms with E-state index in [1.807, 2.05) is 23.1 Å². The largest absolute Gasteiger partial charge is 0.423 e. The highest BCUT2D eigenvalue weighted by molar-refractivity contribution is 5.76. The van der Waals surface area contributed by atoms with Gasteiger partial charge in [-0.2, -0.15) is 13.2 Å². The molecule has 0 aromatic heterocycles. The molecule has 1 N–H and O–H groups in total. The molecule has 1 aliphatic heterocycles. The Balaban J connectivity index is 1.20. The van der Waals surface area contributed by atoms with Gasteiger partial charge < -0.3 is 15.1 Å². The molecule has 0 atom stereocenters. The zero-order valence-electron chi connectivity index (χ0n) is 20.0. The first-order valence-corrected chi connectivity index (χ1v) is 12.4. The second-order valence-corrected chi connectivity index (χ2v) is 9.59. The van der Waals surface area contributed by atoms with Gasteiger partial charge in [0.2, 0.25) is 5.91 Å². The van der Waals surface area contributed by atoms with Crippen LogP contribution in [-0.4, -0.2) is 48.0 Å². The maximum absolute atomic E-state index is 13.2. The Kier molecular flexibility index (Phi) is 8.01. The van der Waals surface area contributed by atoms with Crippen LogP contribution in [0.3, 0.4) is 0 Å². The molecule has 2 aliphatic rings. The third-order valence-electron chi connectivity index (χ3n) is 7.24. The van der Waals surface area contributed by atoms with Gasteiger partial charge in [-0.1, -0.05) is 18.2 Å². The number of nitrogens with zero attached hydrogens (tertiary/aromatic N) is 3. The second kappa shape index (κ2) is 11.2. The van der Waals surface area contributed by atoms with E-state index in [1.54, 1.807) is 0 Å². The van der Waals surface area contributed by atoms with Crippen LogP contribution in [0.15, 0.2) is 48.5 Å². The van der Waals surface area contributed by atoms with E-state index in [4.69, 9.17) is 0 Å². The smallest absolute Gasteiger partial charge is 0.382 e. The Morgan fingerprint density at radius 2 is 1.67 bits per heavy atom. The zero-order valence-corrected chi connectivity index (χ0v) is 20.0. The standard InChI is InChI=1S/C26H31F3N4O3/c27-26(28,29)23-18-21(11-12-24(23)33(35)36)30-20-9-6-19(7-10-20)8-13-25(34)32-16-14-31(15-17-32)22-4-2-1-3-5-22/h1-5,11-12,18-20,30H,6-10,13-17H2. The van der Waals surface area contributed by atoms with Gasteiger partial charge in [0.1, 0.15) is 5.56 Å². The summed E-state index contributed by atoms with van der Waals surface area (Å²) in [6, 6.07) is 13.3. The van der Waals surface area contributed by atoms with Crippen LogP contribution in [0.5, 0.6) is 0 Å². The van der Waals surface area contributed by atoms with Crippen molar-refractivity contribution in [1.29, 1.82) is 0 Å². The Hall–Kier alpha value is -3.30. The molecule has 7 nitrogen and oxygen atoms in total. The number of alkyl halides is 3. The van der Waals surface area contributed by atoms with Crippen LogP contribution in [0.1, 0.15) is 44.1 Å². The average Bonchev–Trinajstić information content (AvgIpc) is 2.88. The number of amides is 1. The fourth-order valence-corrected chi connectivity index (χ4v) is 5.18. The van der Waals surface area contributed by atoms with Gasteiger partial charge in [0.15, 0.2) is 0 Å². The molecule has 2 fully saturated rings. The topological polar surface area (TPSA) is 78.7 Å². The highest BCUT2D eigenvalue weighted by atomic mass is 19.4. The molecule has 36 heavy (non-hydrogen) atoms. The number of hydrogen-bond acceptors (Lipinski definition) is 5. The van der Waals surface area contributed by atoms with Crippen molar-refractivity contribution >= 4 is 23.0 Å². The summed E-state index contributed by atoms with van der Waals surface area (Å²) in [5, 5.41) is 14.1. The van der Waals surface area contributed by atoms with E-state index in [9.17, 15) is 28.1 Å². The molecule has 10 heteroatoms. The van der Waals surface area contributed by atoms with Crippen LogP contribution in [0, 0.1) is 16.0 Å². The van der Waals surface area contributed by atoms with Crippen LogP contribution >= 0.6 is 0 Å². The summed E-state index contributed by atoms with van der Waals surface area (Å²) in [4.78, 5) is 26.9. The van der Waals surface area contributed by atoms with Gasteiger partial charge in [0, 0.05) is 56.1 Å². The first-order chi connectivity index (χ1) is 17.2. The van der Waals surface area contributed by atoms with E-state index >= 15 is 0 Å². The summed E-state index contributed by atoms with van der Waals surface area (Å²) in [6.07, 6.45) is -0.0956. The van der Waals surface area contributed by atoms with Gasteiger partial charge in [0.05, 0.1) is 4.92 Å². The molecular formula is C26H31F3N4O3. The van der Waals surface area contributed by atoms with Crippen molar-refractivity contribution in [2.24, 2.45) is 5.92 Å². The zero-order chi connectivity index (χ0) is 25.7. The lowest BCUT2D eigenvalue weighted by atomic mass is 9.83. The first-order valence-electron chi connectivity index (χ1n) is 12.4. The lowest BCUT2D eigenvalue weighted by molar-refractivity contribution is -0.388. The number of rotatable bonds is 7. The van der Waals surface area contributed by atoms with Crippen LogP contribution in [-0.2, 0) is 11.0 Å². The van der Waals surface area contributed by atoms with Gasteiger partial charge >= 0.3 is 6.18 Å². The number of nitro groups is 1. The molecule has 0 radical (unpaired) electrons.